The Bertz CT molecular complexity index is 628. The predicted octanol–water partition coefficient (Wildman–Crippen LogP) is 5.82. The SMILES string of the molecule is O=P1(c2cc(C(F)(F)F)cc(C(F)(F)F)c2)C2CCCCC1CC2. The normalized spacial score (nSPS) is 31.1. The number of hydrogen-bond donors (Lipinski definition) is 0. The quantitative estimate of drug-likeness (QED) is 0.450. The summed E-state index contributed by atoms with van der Waals surface area (Å²) in [5.74, 6) is 0. The third kappa shape index (κ3) is 3.00. The molecule has 3 rings (SSSR count). The molecule has 2 aliphatic heterocycles. The molecule has 24 heavy (non-hydrogen) atoms. The maximum atomic E-state index is 13.6. The largest absolute Gasteiger partial charge is 0.416 e. The van der Waals surface area contributed by atoms with Gasteiger partial charge >= 0.3 is 12.4 Å². The molecule has 0 N–H and O–H groups in total. The fraction of sp³-hybridized carbons (Fsp3) is 0.625. The van der Waals surface area contributed by atoms with E-state index in [1.54, 1.807) is 0 Å². The second-order valence-electron chi connectivity index (χ2n) is 6.64. The Morgan fingerprint density at radius 2 is 1.17 bits per heavy atom. The standard InChI is InChI=1S/C16H17F6OP/c17-15(18,19)10-7-11(16(20,21)22)9-14(8-10)24(23)12-3-1-2-4-13(24)6-5-12/h7-9,12-13H,1-6H2. The minimum absolute atomic E-state index is 0.107. The minimum Gasteiger partial charge on any atom is -0.318 e. The van der Waals surface area contributed by atoms with Crippen LogP contribution in [0.2, 0.25) is 0 Å². The molecule has 8 heteroatoms. The monoisotopic (exact) mass is 370 g/mol. The molecule has 2 bridgehead atoms. The summed E-state index contributed by atoms with van der Waals surface area (Å²) >= 11 is 0. The summed E-state index contributed by atoms with van der Waals surface area (Å²) in [6.07, 6.45) is -5.66. The summed E-state index contributed by atoms with van der Waals surface area (Å²) in [5.41, 5.74) is -3.30. The molecule has 1 aromatic carbocycles. The van der Waals surface area contributed by atoms with E-state index >= 15 is 0 Å². The first kappa shape index (κ1) is 17.8. The van der Waals surface area contributed by atoms with Crippen molar-refractivity contribution in [2.75, 3.05) is 0 Å². The molecule has 1 nitrogen and oxygen atoms in total. The van der Waals surface area contributed by atoms with Crippen molar-refractivity contribution in [2.45, 2.75) is 62.2 Å². The summed E-state index contributed by atoms with van der Waals surface area (Å²) in [6.45, 7) is 0. The zero-order chi connectivity index (χ0) is 17.8. The summed E-state index contributed by atoms with van der Waals surface area (Å²) in [7, 11) is -3.27. The van der Waals surface area contributed by atoms with E-state index < -0.39 is 30.6 Å². The highest BCUT2D eigenvalue weighted by Gasteiger charge is 2.49. The maximum absolute atomic E-state index is 13.6. The molecule has 0 radical (unpaired) electrons. The molecular formula is C16H17F6OP. The van der Waals surface area contributed by atoms with Crippen molar-refractivity contribution in [2.24, 2.45) is 0 Å². The molecule has 0 saturated carbocycles. The Morgan fingerprint density at radius 1 is 0.750 bits per heavy atom. The molecule has 1 aromatic rings. The van der Waals surface area contributed by atoms with Crippen LogP contribution in [0.15, 0.2) is 18.2 Å². The number of alkyl halides is 6. The van der Waals surface area contributed by atoms with Gasteiger partial charge in [0, 0.05) is 16.6 Å². The Hall–Kier alpha value is -0.970. The van der Waals surface area contributed by atoms with Crippen molar-refractivity contribution in [3.63, 3.8) is 0 Å². The van der Waals surface area contributed by atoms with Gasteiger partial charge in [0.05, 0.1) is 11.1 Å². The summed E-state index contributed by atoms with van der Waals surface area (Å²) in [6, 6.07) is 1.48. The van der Waals surface area contributed by atoms with Crippen LogP contribution in [0.3, 0.4) is 0 Å². The zero-order valence-corrected chi connectivity index (χ0v) is 13.6. The number of hydrogen-bond acceptors (Lipinski definition) is 1. The van der Waals surface area contributed by atoms with Crippen molar-refractivity contribution in [3.8, 4) is 0 Å². The molecule has 0 aromatic heterocycles. The Balaban J connectivity index is 2.18. The van der Waals surface area contributed by atoms with Gasteiger partial charge in [0.25, 0.3) is 0 Å². The van der Waals surface area contributed by atoms with Crippen molar-refractivity contribution in [3.05, 3.63) is 29.3 Å². The first-order valence-corrected chi connectivity index (χ1v) is 9.77. The second-order valence-corrected chi connectivity index (χ2v) is 10.0. The van der Waals surface area contributed by atoms with E-state index in [0.29, 0.717) is 37.8 Å². The van der Waals surface area contributed by atoms with E-state index in [9.17, 15) is 30.9 Å². The first-order chi connectivity index (χ1) is 11.0. The van der Waals surface area contributed by atoms with Gasteiger partial charge in [0.2, 0.25) is 0 Å². The van der Waals surface area contributed by atoms with Crippen LogP contribution < -0.4 is 5.30 Å². The van der Waals surface area contributed by atoms with E-state index in [4.69, 9.17) is 0 Å². The number of rotatable bonds is 1. The van der Waals surface area contributed by atoms with Crippen molar-refractivity contribution in [1.29, 1.82) is 0 Å². The molecule has 2 atom stereocenters. The van der Waals surface area contributed by atoms with E-state index in [1.807, 2.05) is 0 Å². The number of benzene rings is 1. The summed E-state index contributed by atoms with van der Waals surface area (Å²) in [5, 5.41) is -0.237. The number of fused-ring (bicyclic) bond motifs is 2. The average Bonchev–Trinajstić information content (AvgIpc) is 2.66. The zero-order valence-electron chi connectivity index (χ0n) is 12.8. The molecule has 0 spiro atoms. The molecule has 0 amide bonds. The highest BCUT2D eigenvalue weighted by molar-refractivity contribution is 7.73. The van der Waals surface area contributed by atoms with Gasteiger partial charge < -0.3 is 4.57 Å². The Labute approximate surface area is 135 Å². The Kier molecular flexibility index (Phi) is 4.30. The maximum Gasteiger partial charge on any atom is 0.416 e. The van der Waals surface area contributed by atoms with Crippen molar-refractivity contribution < 1.29 is 30.9 Å². The fourth-order valence-corrected chi connectivity index (χ4v) is 8.38. The van der Waals surface area contributed by atoms with Gasteiger partial charge in [0.1, 0.15) is 7.14 Å². The van der Waals surface area contributed by atoms with Gasteiger partial charge in [-0.25, -0.2) is 0 Å². The highest BCUT2D eigenvalue weighted by Crippen LogP contribution is 2.66. The van der Waals surface area contributed by atoms with Gasteiger partial charge in [-0.05, 0) is 43.9 Å². The van der Waals surface area contributed by atoms with Crippen molar-refractivity contribution in [1.82, 2.24) is 0 Å². The van der Waals surface area contributed by atoms with E-state index in [0.717, 1.165) is 12.8 Å². The van der Waals surface area contributed by atoms with Crippen LogP contribution in [0.5, 0.6) is 0 Å². The van der Waals surface area contributed by atoms with Gasteiger partial charge in [-0.2, -0.15) is 26.3 Å². The van der Waals surface area contributed by atoms with Crippen LogP contribution >= 0.6 is 7.14 Å². The third-order valence-corrected chi connectivity index (χ3v) is 9.49. The fourth-order valence-electron chi connectivity index (χ4n) is 4.06. The molecule has 134 valence electrons. The lowest BCUT2D eigenvalue weighted by molar-refractivity contribution is -0.142. The molecule has 2 aliphatic rings. The van der Waals surface area contributed by atoms with E-state index in [1.165, 1.54) is 0 Å². The van der Waals surface area contributed by atoms with Crippen LogP contribution in [0.1, 0.15) is 49.7 Å². The second kappa shape index (κ2) is 5.79. The van der Waals surface area contributed by atoms with Crippen LogP contribution in [0.4, 0.5) is 26.3 Å². The van der Waals surface area contributed by atoms with Crippen LogP contribution in [-0.2, 0) is 16.9 Å². The van der Waals surface area contributed by atoms with Gasteiger partial charge in [-0.1, -0.05) is 12.8 Å². The van der Waals surface area contributed by atoms with Gasteiger partial charge in [-0.15, -0.1) is 0 Å². The molecule has 2 saturated heterocycles. The highest BCUT2D eigenvalue weighted by atomic mass is 31.2. The first-order valence-electron chi connectivity index (χ1n) is 7.92. The summed E-state index contributed by atoms with van der Waals surface area (Å²) in [4.78, 5) is 0. The molecule has 2 unspecified atom stereocenters. The van der Waals surface area contributed by atoms with E-state index in [-0.39, 0.29) is 22.7 Å². The molecule has 2 fully saturated rings. The minimum atomic E-state index is -4.90. The molecular weight excluding hydrogens is 353 g/mol. The van der Waals surface area contributed by atoms with Crippen LogP contribution in [0, 0.1) is 0 Å². The van der Waals surface area contributed by atoms with E-state index in [2.05, 4.69) is 0 Å². The molecule has 0 aliphatic carbocycles. The van der Waals surface area contributed by atoms with Gasteiger partial charge in [0.15, 0.2) is 0 Å². The smallest absolute Gasteiger partial charge is 0.318 e. The lowest BCUT2D eigenvalue weighted by Gasteiger charge is -2.26. The predicted molar refractivity (Wildman–Crippen MR) is 79.0 cm³/mol. The topological polar surface area (TPSA) is 17.1 Å². The summed E-state index contributed by atoms with van der Waals surface area (Å²) < 4.78 is 92.0. The lowest BCUT2D eigenvalue weighted by Crippen LogP contribution is -2.22. The third-order valence-electron chi connectivity index (χ3n) is 5.22. The Morgan fingerprint density at radius 3 is 1.54 bits per heavy atom. The van der Waals surface area contributed by atoms with Crippen molar-refractivity contribution >= 4 is 12.4 Å². The van der Waals surface area contributed by atoms with Crippen LogP contribution in [-0.4, -0.2) is 11.3 Å². The molecule has 2 heterocycles. The average molecular weight is 370 g/mol. The van der Waals surface area contributed by atoms with Crippen LogP contribution in [0.25, 0.3) is 0 Å². The lowest BCUT2D eigenvalue weighted by atomic mass is 10.0. The van der Waals surface area contributed by atoms with Gasteiger partial charge in [-0.3, -0.25) is 0 Å². The number of halogens is 6.